The molecule has 0 saturated carbocycles. The van der Waals surface area contributed by atoms with E-state index in [0.29, 0.717) is 31.6 Å². The second kappa shape index (κ2) is 10.8. The number of anilines is 2. The Morgan fingerprint density at radius 1 is 1.08 bits per heavy atom. The third-order valence-electron chi connectivity index (χ3n) is 6.95. The van der Waals surface area contributed by atoms with E-state index in [4.69, 9.17) is 9.72 Å². The maximum absolute atomic E-state index is 12.7. The summed E-state index contributed by atoms with van der Waals surface area (Å²) in [5, 5.41) is 17.2. The van der Waals surface area contributed by atoms with E-state index in [-0.39, 0.29) is 6.03 Å². The van der Waals surface area contributed by atoms with Crippen LogP contribution < -0.4 is 15.0 Å². The summed E-state index contributed by atoms with van der Waals surface area (Å²) >= 11 is 1.60. The fourth-order valence-corrected chi connectivity index (χ4v) is 5.61. The Morgan fingerprint density at radius 2 is 1.83 bits per heavy atom. The molecule has 2 aliphatic rings. The maximum atomic E-state index is 12.7. The number of amides is 2. The van der Waals surface area contributed by atoms with Gasteiger partial charge in [-0.25, -0.2) is 14.8 Å². The third-order valence-corrected chi connectivity index (χ3v) is 7.79. The summed E-state index contributed by atoms with van der Waals surface area (Å²) in [6.45, 7) is 5.51. The van der Waals surface area contributed by atoms with Crippen LogP contribution in [0.15, 0.2) is 54.0 Å². The minimum absolute atomic E-state index is 0.161. The van der Waals surface area contributed by atoms with E-state index < -0.39 is 5.60 Å². The van der Waals surface area contributed by atoms with Crippen LogP contribution >= 0.6 is 11.3 Å². The smallest absolute Gasteiger partial charge is 0.321 e. The number of thiazole rings is 1. The van der Waals surface area contributed by atoms with Gasteiger partial charge in [0.15, 0.2) is 0 Å². The van der Waals surface area contributed by atoms with Crippen LogP contribution in [-0.4, -0.2) is 77.3 Å². The van der Waals surface area contributed by atoms with Crippen molar-refractivity contribution in [2.45, 2.75) is 25.0 Å². The van der Waals surface area contributed by atoms with Crippen LogP contribution in [0.1, 0.15) is 23.5 Å². The van der Waals surface area contributed by atoms with Gasteiger partial charge < -0.3 is 25.0 Å². The second-order valence-corrected chi connectivity index (χ2v) is 10.2. The van der Waals surface area contributed by atoms with Crippen LogP contribution in [0.4, 0.5) is 16.3 Å². The highest BCUT2D eigenvalue weighted by molar-refractivity contribution is 7.09. The summed E-state index contributed by atoms with van der Waals surface area (Å²) < 4.78 is 5.16. The van der Waals surface area contributed by atoms with Crippen molar-refractivity contribution in [3.63, 3.8) is 0 Å². The molecule has 0 spiro atoms. The predicted octanol–water partition coefficient (Wildman–Crippen LogP) is 3.38. The third kappa shape index (κ3) is 5.61. The summed E-state index contributed by atoms with van der Waals surface area (Å²) in [5.41, 5.74) is 0.444. The quantitative estimate of drug-likeness (QED) is 0.527. The van der Waals surface area contributed by atoms with Gasteiger partial charge in [0.1, 0.15) is 22.2 Å². The zero-order valence-electron chi connectivity index (χ0n) is 20.5. The molecule has 4 heterocycles. The van der Waals surface area contributed by atoms with Gasteiger partial charge in [-0.1, -0.05) is 6.07 Å². The summed E-state index contributed by atoms with van der Waals surface area (Å²) in [7, 11) is 1.61. The standard InChI is InChI=1S/C26H32N6O3S/c1-35-21-7-5-20(6-8-21)28-25(33)32-12-9-26(34,10-13-32)22-19-36-24(29-22)18-30-14-16-31(17-15-30)23-4-2-3-11-27-23/h2-8,11,19,34H,9-10,12-18H2,1H3,(H,28,33). The molecule has 2 aliphatic heterocycles. The first-order valence-corrected chi connectivity index (χ1v) is 13.2. The van der Waals surface area contributed by atoms with Gasteiger partial charge in [-0.2, -0.15) is 0 Å². The first kappa shape index (κ1) is 24.5. The Bertz CT molecular complexity index is 1140. The Hall–Kier alpha value is -3.21. The van der Waals surface area contributed by atoms with Crippen molar-refractivity contribution in [1.82, 2.24) is 19.8 Å². The second-order valence-electron chi connectivity index (χ2n) is 9.25. The van der Waals surface area contributed by atoms with E-state index in [0.717, 1.165) is 55.0 Å². The van der Waals surface area contributed by atoms with Gasteiger partial charge in [0.25, 0.3) is 0 Å². The molecule has 2 N–H and O–H groups in total. The molecule has 5 rings (SSSR count). The topological polar surface area (TPSA) is 94.1 Å². The number of ether oxygens (including phenoxy) is 1. The van der Waals surface area contributed by atoms with E-state index in [1.54, 1.807) is 23.3 Å². The lowest BCUT2D eigenvalue weighted by molar-refractivity contribution is -0.0189. The number of carbonyl (C=O) groups excluding carboxylic acids is 1. The predicted molar refractivity (Wildman–Crippen MR) is 141 cm³/mol. The van der Waals surface area contributed by atoms with Gasteiger partial charge in [0.2, 0.25) is 0 Å². The number of hydrogen-bond acceptors (Lipinski definition) is 8. The fourth-order valence-electron chi connectivity index (χ4n) is 4.68. The first-order valence-electron chi connectivity index (χ1n) is 12.3. The number of aliphatic hydroxyl groups is 1. The van der Waals surface area contributed by atoms with E-state index in [1.165, 1.54) is 0 Å². The average molecular weight is 509 g/mol. The van der Waals surface area contributed by atoms with Crippen LogP contribution in [0.25, 0.3) is 0 Å². The number of piperidine rings is 1. The molecule has 2 fully saturated rings. The minimum Gasteiger partial charge on any atom is -0.497 e. The molecule has 0 atom stereocenters. The molecule has 0 unspecified atom stereocenters. The SMILES string of the molecule is COc1ccc(NC(=O)N2CCC(O)(c3csc(CN4CCN(c5ccccn5)CC4)n3)CC2)cc1. The maximum Gasteiger partial charge on any atom is 0.321 e. The number of benzene rings is 1. The number of piperazine rings is 1. The summed E-state index contributed by atoms with van der Waals surface area (Å²) in [4.78, 5) is 28.4. The highest BCUT2D eigenvalue weighted by Gasteiger charge is 2.37. The normalized spacial score (nSPS) is 18.2. The number of aromatic nitrogens is 2. The number of urea groups is 1. The molecule has 0 bridgehead atoms. The van der Waals surface area contributed by atoms with E-state index in [2.05, 4.69) is 26.2 Å². The van der Waals surface area contributed by atoms with Crippen molar-refractivity contribution in [3.8, 4) is 5.75 Å². The van der Waals surface area contributed by atoms with Crippen LogP contribution in [0.2, 0.25) is 0 Å². The number of pyridine rings is 1. The van der Waals surface area contributed by atoms with Crippen molar-refractivity contribution in [3.05, 3.63) is 64.7 Å². The van der Waals surface area contributed by atoms with Crippen molar-refractivity contribution < 1.29 is 14.6 Å². The van der Waals surface area contributed by atoms with Gasteiger partial charge >= 0.3 is 6.03 Å². The van der Waals surface area contributed by atoms with E-state index in [1.807, 2.05) is 48.0 Å². The van der Waals surface area contributed by atoms with Crippen LogP contribution in [-0.2, 0) is 12.1 Å². The molecule has 2 aromatic heterocycles. The average Bonchev–Trinajstić information content (AvgIpc) is 3.40. The molecule has 0 aliphatic carbocycles. The highest BCUT2D eigenvalue weighted by atomic mass is 32.1. The Balaban J connectivity index is 1.11. The number of carbonyl (C=O) groups is 1. The van der Waals surface area contributed by atoms with Crippen molar-refractivity contribution in [2.24, 2.45) is 0 Å². The molecule has 36 heavy (non-hydrogen) atoms. The van der Waals surface area contributed by atoms with Crippen LogP contribution in [0.3, 0.4) is 0 Å². The summed E-state index contributed by atoms with van der Waals surface area (Å²) in [6.07, 6.45) is 2.77. The Labute approximate surface area is 215 Å². The van der Waals surface area contributed by atoms with Crippen molar-refractivity contribution >= 4 is 28.9 Å². The molecule has 0 radical (unpaired) electrons. The number of nitrogens with one attached hydrogen (secondary N) is 1. The number of rotatable bonds is 6. The molecule has 190 valence electrons. The summed E-state index contributed by atoms with van der Waals surface area (Å²) in [6, 6.07) is 13.1. The van der Waals surface area contributed by atoms with Gasteiger partial charge in [-0.3, -0.25) is 4.90 Å². The lowest BCUT2D eigenvalue weighted by Gasteiger charge is -2.37. The van der Waals surface area contributed by atoms with E-state index >= 15 is 0 Å². The van der Waals surface area contributed by atoms with E-state index in [9.17, 15) is 9.90 Å². The number of methoxy groups -OCH3 is 1. The first-order chi connectivity index (χ1) is 17.5. The zero-order chi connectivity index (χ0) is 25.0. The van der Waals surface area contributed by atoms with Gasteiger partial charge in [0.05, 0.1) is 19.3 Å². The van der Waals surface area contributed by atoms with Crippen LogP contribution in [0, 0.1) is 0 Å². The molecule has 1 aromatic carbocycles. The molecule has 2 amide bonds. The zero-order valence-corrected chi connectivity index (χ0v) is 21.3. The van der Waals surface area contributed by atoms with Gasteiger partial charge in [0, 0.05) is 56.5 Å². The summed E-state index contributed by atoms with van der Waals surface area (Å²) in [5.74, 6) is 1.77. The van der Waals surface area contributed by atoms with Gasteiger partial charge in [-0.05, 0) is 49.2 Å². The Kier molecular flexibility index (Phi) is 7.35. The molecule has 9 nitrogen and oxygen atoms in total. The lowest BCUT2D eigenvalue weighted by Crippen LogP contribution is -2.47. The monoisotopic (exact) mass is 508 g/mol. The largest absolute Gasteiger partial charge is 0.497 e. The lowest BCUT2D eigenvalue weighted by atomic mass is 9.89. The highest BCUT2D eigenvalue weighted by Crippen LogP contribution is 2.34. The molecular formula is C26H32N6O3S. The van der Waals surface area contributed by atoms with Crippen molar-refractivity contribution in [1.29, 1.82) is 0 Å². The van der Waals surface area contributed by atoms with Crippen molar-refractivity contribution in [2.75, 3.05) is 56.6 Å². The fraction of sp³-hybridized carbons (Fsp3) is 0.423. The minimum atomic E-state index is -0.997. The molecule has 2 saturated heterocycles. The Morgan fingerprint density at radius 3 is 2.50 bits per heavy atom. The van der Waals surface area contributed by atoms with Crippen LogP contribution in [0.5, 0.6) is 5.75 Å². The molecular weight excluding hydrogens is 476 g/mol. The number of hydrogen-bond donors (Lipinski definition) is 2. The number of likely N-dealkylation sites (tertiary alicyclic amines) is 1. The molecule has 10 heteroatoms. The van der Waals surface area contributed by atoms with Gasteiger partial charge in [-0.15, -0.1) is 11.3 Å². The molecule has 3 aromatic rings. The number of nitrogens with zero attached hydrogens (tertiary/aromatic N) is 5.